The lowest BCUT2D eigenvalue weighted by Gasteiger charge is -2.36. The molecule has 31 heavy (non-hydrogen) atoms. The Kier molecular flexibility index (Phi) is 8.57. The third-order valence-corrected chi connectivity index (χ3v) is 5.05. The maximum Gasteiger partial charge on any atom is 0.225 e. The number of hydrogen-bond donors (Lipinski definition) is 1. The van der Waals surface area contributed by atoms with Crippen LogP contribution in [0, 0.1) is 0 Å². The largest absolute Gasteiger partial charge is 0.357 e. The Labute approximate surface area is 200 Å². The SMILES string of the molecule is CCNC(=NCc1cccc(-c2ccccn2)c1)N1CCN(c2ncccn2)CC1.I. The molecule has 3 aromatic rings. The second-order valence-electron chi connectivity index (χ2n) is 7.11. The Balaban J connectivity index is 0.00000272. The van der Waals surface area contributed by atoms with Crippen molar-refractivity contribution >= 4 is 35.9 Å². The van der Waals surface area contributed by atoms with Crippen LogP contribution < -0.4 is 10.2 Å². The zero-order chi connectivity index (χ0) is 20.6. The molecule has 0 saturated carbocycles. The van der Waals surface area contributed by atoms with E-state index in [0.29, 0.717) is 6.54 Å². The molecule has 0 unspecified atom stereocenters. The van der Waals surface area contributed by atoms with Crippen molar-refractivity contribution in [3.05, 3.63) is 72.7 Å². The van der Waals surface area contributed by atoms with Crippen molar-refractivity contribution < 1.29 is 0 Å². The maximum absolute atomic E-state index is 4.90. The molecule has 0 bridgehead atoms. The van der Waals surface area contributed by atoms with Gasteiger partial charge >= 0.3 is 0 Å². The summed E-state index contributed by atoms with van der Waals surface area (Å²) >= 11 is 0. The average Bonchev–Trinajstić information content (AvgIpc) is 2.83. The number of nitrogens with one attached hydrogen (secondary N) is 1. The van der Waals surface area contributed by atoms with Crippen LogP contribution in [0.25, 0.3) is 11.3 Å². The van der Waals surface area contributed by atoms with Gasteiger partial charge < -0.3 is 15.1 Å². The fourth-order valence-corrected chi connectivity index (χ4v) is 3.53. The van der Waals surface area contributed by atoms with E-state index in [1.165, 1.54) is 5.56 Å². The number of aromatic nitrogens is 3. The first kappa shape index (κ1) is 22.9. The molecule has 8 heteroatoms. The molecule has 1 saturated heterocycles. The molecular formula is C23H28IN7. The Hall–Kier alpha value is -2.75. The number of anilines is 1. The third kappa shape index (κ3) is 6.13. The highest BCUT2D eigenvalue weighted by atomic mass is 127. The first-order valence-corrected chi connectivity index (χ1v) is 10.4. The lowest BCUT2D eigenvalue weighted by atomic mass is 10.1. The fourth-order valence-electron chi connectivity index (χ4n) is 3.53. The van der Waals surface area contributed by atoms with E-state index in [1.54, 1.807) is 12.4 Å². The number of hydrogen-bond acceptors (Lipinski definition) is 5. The summed E-state index contributed by atoms with van der Waals surface area (Å²) < 4.78 is 0. The van der Waals surface area contributed by atoms with Crippen LogP contribution >= 0.6 is 24.0 Å². The predicted molar refractivity (Wildman–Crippen MR) is 136 cm³/mol. The van der Waals surface area contributed by atoms with E-state index in [1.807, 2.05) is 30.5 Å². The third-order valence-electron chi connectivity index (χ3n) is 5.05. The Morgan fingerprint density at radius 1 is 0.935 bits per heavy atom. The van der Waals surface area contributed by atoms with E-state index >= 15 is 0 Å². The first-order valence-electron chi connectivity index (χ1n) is 10.4. The molecule has 0 spiro atoms. The topological polar surface area (TPSA) is 69.5 Å². The van der Waals surface area contributed by atoms with Crippen molar-refractivity contribution in [2.24, 2.45) is 4.99 Å². The number of aliphatic imine (C=N–C) groups is 1. The molecule has 0 radical (unpaired) electrons. The van der Waals surface area contributed by atoms with E-state index in [4.69, 9.17) is 4.99 Å². The standard InChI is InChI=1S/C23H27N7.HI/c1-2-24-22(29-13-15-30(16-14-29)23-26-11-6-12-27-23)28-18-19-7-5-8-20(17-19)21-9-3-4-10-25-21;/h3-12,17H,2,13-16,18H2,1H3,(H,24,28);1H. The Morgan fingerprint density at radius 3 is 2.42 bits per heavy atom. The van der Waals surface area contributed by atoms with Crippen molar-refractivity contribution in [3.8, 4) is 11.3 Å². The van der Waals surface area contributed by atoms with Crippen LogP contribution in [0.2, 0.25) is 0 Å². The number of rotatable bonds is 5. The zero-order valence-electron chi connectivity index (χ0n) is 17.7. The van der Waals surface area contributed by atoms with Gasteiger partial charge in [-0.25, -0.2) is 15.0 Å². The second-order valence-corrected chi connectivity index (χ2v) is 7.11. The highest BCUT2D eigenvalue weighted by Crippen LogP contribution is 2.18. The van der Waals surface area contributed by atoms with Crippen LogP contribution in [0.4, 0.5) is 5.95 Å². The van der Waals surface area contributed by atoms with Crippen molar-refractivity contribution in [3.63, 3.8) is 0 Å². The summed E-state index contributed by atoms with van der Waals surface area (Å²) in [6, 6.07) is 16.3. The summed E-state index contributed by atoms with van der Waals surface area (Å²) in [6.45, 7) is 7.11. The molecule has 1 fully saturated rings. The molecule has 1 aliphatic heterocycles. The number of halogens is 1. The number of benzene rings is 1. The summed E-state index contributed by atoms with van der Waals surface area (Å²) in [5, 5.41) is 3.44. The van der Waals surface area contributed by atoms with Crippen molar-refractivity contribution in [1.82, 2.24) is 25.2 Å². The van der Waals surface area contributed by atoms with Gasteiger partial charge in [0.25, 0.3) is 0 Å². The van der Waals surface area contributed by atoms with Gasteiger partial charge in [-0.3, -0.25) is 4.98 Å². The molecule has 0 aliphatic carbocycles. The minimum absolute atomic E-state index is 0. The quantitative estimate of drug-likeness (QED) is 0.310. The predicted octanol–water partition coefficient (Wildman–Crippen LogP) is 3.44. The van der Waals surface area contributed by atoms with Crippen LogP contribution in [0.15, 0.2) is 72.1 Å². The summed E-state index contributed by atoms with van der Waals surface area (Å²) in [5.41, 5.74) is 3.27. The summed E-state index contributed by atoms with van der Waals surface area (Å²) in [5.74, 6) is 1.75. The molecular weight excluding hydrogens is 501 g/mol. The summed E-state index contributed by atoms with van der Waals surface area (Å²) in [7, 11) is 0. The lowest BCUT2D eigenvalue weighted by molar-refractivity contribution is 0.370. The summed E-state index contributed by atoms with van der Waals surface area (Å²) in [6.07, 6.45) is 5.40. The van der Waals surface area contributed by atoms with Gasteiger partial charge in [-0.15, -0.1) is 24.0 Å². The molecule has 0 amide bonds. The van der Waals surface area contributed by atoms with E-state index < -0.39 is 0 Å². The maximum atomic E-state index is 4.90. The normalized spacial score (nSPS) is 14.2. The van der Waals surface area contributed by atoms with Gasteiger partial charge in [-0.05, 0) is 36.8 Å². The number of guanidine groups is 1. The highest BCUT2D eigenvalue weighted by Gasteiger charge is 2.21. The minimum Gasteiger partial charge on any atom is -0.357 e. The summed E-state index contributed by atoms with van der Waals surface area (Å²) in [4.78, 5) is 22.6. The van der Waals surface area contributed by atoms with Crippen LogP contribution in [-0.2, 0) is 6.54 Å². The van der Waals surface area contributed by atoms with Gasteiger partial charge in [0, 0.05) is 56.9 Å². The number of piperazine rings is 1. The van der Waals surface area contributed by atoms with E-state index in [0.717, 1.165) is 55.9 Å². The fraction of sp³-hybridized carbons (Fsp3) is 0.304. The van der Waals surface area contributed by atoms with Gasteiger partial charge in [-0.2, -0.15) is 0 Å². The van der Waals surface area contributed by atoms with Crippen LogP contribution in [0.5, 0.6) is 0 Å². The van der Waals surface area contributed by atoms with E-state index in [9.17, 15) is 0 Å². The number of pyridine rings is 1. The van der Waals surface area contributed by atoms with Crippen molar-refractivity contribution in [2.45, 2.75) is 13.5 Å². The van der Waals surface area contributed by atoms with Gasteiger partial charge in [0.15, 0.2) is 5.96 Å². The smallest absolute Gasteiger partial charge is 0.225 e. The Bertz CT molecular complexity index is 958. The van der Waals surface area contributed by atoms with Gasteiger partial charge in [0.05, 0.1) is 12.2 Å². The molecule has 7 nitrogen and oxygen atoms in total. The zero-order valence-corrected chi connectivity index (χ0v) is 20.0. The minimum atomic E-state index is 0. The van der Waals surface area contributed by atoms with Gasteiger partial charge in [0.2, 0.25) is 5.95 Å². The first-order chi connectivity index (χ1) is 14.8. The molecule has 1 aliphatic rings. The van der Waals surface area contributed by atoms with E-state index in [-0.39, 0.29) is 24.0 Å². The van der Waals surface area contributed by atoms with Crippen LogP contribution in [0.3, 0.4) is 0 Å². The molecule has 3 heterocycles. The molecule has 4 rings (SSSR count). The second kappa shape index (κ2) is 11.6. The van der Waals surface area contributed by atoms with Gasteiger partial charge in [0.1, 0.15) is 0 Å². The highest BCUT2D eigenvalue weighted by molar-refractivity contribution is 14.0. The van der Waals surface area contributed by atoms with Crippen molar-refractivity contribution in [1.29, 1.82) is 0 Å². The molecule has 1 N–H and O–H groups in total. The average molecular weight is 529 g/mol. The van der Waals surface area contributed by atoms with E-state index in [2.05, 4.69) is 61.3 Å². The lowest BCUT2D eigenvalue weighted by Crippen LogP contribution is -2.52. The molecule has 162 valence electrons. The van der Waals surface area contributed by atoms with Gasteiger partial charge in [-0.1, -0.05) is 24.3 Å². The molecule has 0 atom stereocenters. The number of nitrogens with zero attached hydrogens (tertiary/aromatic N) is 6. The molecule has 2 aromatic heterocycles. The monoisotopic (exact) mass is 529 g/mol. The Morgan fingerprint density at radius 2 is 1.71 bits per heavy atom. The van der Waals surface area contributed by atoms with Crippen LogP contribution in [-0.4, -0.2) is 58.5 Å². The van der Waals surface area contributed by atoms with Crippen molar-refractivity contribution in [2.75, 3.05) is 37.6 Å². The van der Waals surface area contributed by atoms with Crippen LogP contribution in [0.1, 0.15) is 12.5 Å². The molecule has 1 aromatic carbocycles.